The summed E-state index contributed by atoms with van der Waals surface area (Å²) in [6.07, 6.45) is -1.07. The molecule has 9 atom stereocenters. The molecule has 0 aromatic carbocycles. The van der Waals surface area contributed by atoms with E-state index in [0.717, 1.165) is 11.8 Å². The van der Waals surface area contributed by atoms with Crippen LogP contribution in [0.15, 0.2) is 23.8 Å². The largest absolute Gasteiger partial charge is 0.697 e. The fraction of sp³-hybridized carbons (Fsp3) is 0.545. The van der Waals surface area contributed by atoms with Crippen LogP contribution in [0.1, 0.15) is 24.9 Å². The molecule has 20 nitrogen and oxygen atoms in total. The molecule has 2 saturated heterocycles. The van der Waals surface area contributed by atoms with Gasteiger partial charge >= 0.3 is 15.0 Å². The number of ether oxygens (including phenoxy) is 2. The van der Waals surface area contributed by atoms with Gasteiger partial charge in [-0.05, 0) is 18.7 Å². The maximum atomic E-state index is 15.6. The van der Waals surface area contributed by atoms with Crippen LogP contribution < -0.4 is 17.0 Å². The first-order chi connectivity index (χ1) is 22.3. The number of anilines is 2. The number of aromatic amines is 1. The Morgan fingerprint density at radius 1 is 1.26 bits per heavy atom. The fourth-order valence-corrected chi connectivity index (χ4v) is 8.46. The molecule has 6 rings (SSSR count). The van der Waals surface area contributed by atoms with Gasteiger partial charge in [-0.2, -0.15) is 4.98 Å². The van der Waals surface area contributed by atoms with Gasteiger partial charge in [0.15, 0.2) is 28.9 Å². The lowest BCUT2D eigenvalue weighted by atomic mass is 10.0. The third-order valence-corrected chi connectivity index (χ3v) is 10.8. The quantitative estimate of drug-likeness (QED) is 0.0846. The number of H-pyrrole nitrogens is 1. The summed E-state index contributed by atoms with van der Waals surface area (Å²) in [4.78, 5) is 55.3. The highest BCUT2D eigenvalue weighted by Crippen LogP contribution is 2.55. The van der Waals surface area contributed by atoms with Crippen LogP contribution in [0.4, 0.5) is 16.2 Å². The number of imidazole rings is 2. The number of nitrogen functional groups attached to an aromatic ring is 2. The van der Waals surface area contributed by atoms with Gasteiger partial charge in [0.05, 0.1) is 36.7 Å². The zero-order chi connectivity index (χ0) is 33.7. The van der Waals surface area contributed by atoms with E-state index < -0.39 is 74.8 Å². The van der Waals surface area contributed by atoms with E-state index in [4.69, 9.17) is 46.7 Å². The van der Waals surface area contributed by atoms with Crippen LogP contribution in [-0.2, 0) is 39.4 Å². The highest BCUT2D eigenvalue weighted by Gasteiger charge is 2.51. The average molecular weight is 738 g/mol. The van der Waals surface area contributed by atoms with Crippen LogP contribution in [0.5, 0.6) is 0 Å². The lowest BCUT2D eigenvalue weighted by molar-refractivity contribution is -0.119. The summed E-state index contributed by atoms with van der Waals surface area (Å²) in [5.41, 5.74) is 10.4. The number of aliphatic hydroxyl groups excluding tert-OH is 1. The lowest BCUT2D eigenvalue weighted by Crippen LogP contribution is -2.33. The Kier molecular flexibility index (Phi) is 9.61. The normalized spacial score (nSPS) is 29.5. The fourth-order valence-electron chi connectivity index (χ4n) is 5.34. The third-order valence-electron chi connectivity index (χ3n) is 7.42. The molecule has 4 aromatic heterocycles. The van der Waals surface area contributed by atoms with Gasteiger partial charge in [0.1, 0.15) is 35.6 Å². The molecule has 2 unspecified atom stereocenters. The number of halogens is 1. The Labute approximate surface area is 273 Å². The molecule has 0 amide bonds. The van der Waals surface area contributed by atoms with E-state index in [2.05, 4.69) is 34.4 Å². The van der Waals surface area contributed by atoms with Crippen LogP contribution in [0.3, 0.4) is 0 Å². The van der Waals surface area contributed by atoms with Crippen molar-refractivity contribution in [2.45, 2.75) is 54.2 Å². The van der Waals surface area contributed by atoms with E-state index in [1.54, 1.807) is 6.92 Å². The summed E-state index contributed by atoms with van der Waals surface area (Å²) >= 11 is 6.25. The molecule has 6 heterocycles. The van der Waals surface area contributed by atoms with Crippen molar-refractivity contribution in [1.82, 2.24) is 39.0 Å². The monoisotopic (exact) mass is 737 g/mol. The van der Waals surface area contributed by atoms with E-state index in [9.17, 15) is 19.4 Å². The van der Waals surface area contributed by atoms with Gasteiger partial charge < -0.3 is 35.5 Å². The van der Waals surface area contributed by atoms with Crippen LogP contribution in [0.2, 0.25) is 0 Å². The number of nitrogens with one attached hydrogen (secondary N) is 1. The van der Waals surface area contributed by atoms with Gasteiger partial charge in [-0.25, -0.2) is 24.3 Å². The molecule has 47 heavy (non-hydrogen) atoms. The van der Waals surface area contributed by atoms with Crippen molar-refractivity contribution in [3.8, 4) is 0 Å². The number of fused-ring (bicyclic) bond motifs is 2. The van der Waals surface area contributed by atoms with Crippen LogP contribution in [0.25, 0.3) is 22.3 Å². The molecule has 254 valence electrons. The molecule has 2 fully saturated rings. The molecule has 25 heteroatoms. The Morgan fingerprint density at radius 3 is 2.74 bits per heavy atom. The number of aliphatic hydroxyl groups is 1. The topological polar surface area (TPSA) is 283 Å². The molecular weight excluding hydrogens is 709 g/mol. The van der Waals surface area contributed by atoms with Gasteiger partial charge in [0.2, 0.25) is 12.7 Å². The molecule has 4 aromatic rings. The maximum absolute atomic E-state index is 15.6. The predicted octanol–water partition coefficient (Wildman–Crippen LogP) is 0.373. The van der Waals surface area contributed by atoms with Gasteiger partial charge in [0.25, 0.3) is 5.56 Å². The van der Waals surface area contributed by atoms with Gasteiger partial charge in [-0.1, -0.05) is 4.52 Å². The molecule has 0 saturated carbocycles. The maximum Gasteiger partial charge on any atom is 0.697 e. The van der Waals surface area contributed by atoms with Crippen molar-refractivity contribution in [3.63, 3.8) is 0 Å². The molecule has 0 spiro atoms. The average Bonchev–Trinajstić information content (AvgIpc) is 3.77. The first kappa shape index (κ1) is 34.1. The van der Waals surface area contributed by atoms with Crippen molar-refractivity contribution in [1.29, 1.82) is 0 Å². The zero-order valence-corrected chi connectivity index (χ0v) is 27.5. The molecule has 2 aliphatic rings. The molecule has 0 radical (unpaired) electrons. The first-order valence-electron chi connectivity index (χ1n) is 13.6. The second kappa shape index (κ2) is 13.3. The molecule has 8 N–H and O–H groups in total. The van der Waals surface area contributed by atoms with Gasteiger partial charge in [0, 0.05) is 11.0 Å². The Bertz CT molecular complexity index is 1920. The number of nitrogens with zero attached hydrogens (tertiary/aromatic N) is 7. The van der Waals surface area contributed by atoms with Gasteiger partial charge in [-0.15, -0.1) is 16.7 Å². The number of alkyl halides is 1. The summed E-state index contributed by atoms with van der Waals surface area (Å²) < 4.78 is 57.6. The summed E-state index contributed by atoms with van der Waals surface area (Å²) in [5.74, 6) is -0.0701. The van der Waals surface area contributed by atoms with Crippen LogP contribution in [0, 0.1) is 0 Å². The predicted molar refractivity (Wildman–Crippen MR) is 166 cm³/mol. The Morgan fingerprint density at radius 2 is 2.00 bits per heavy atom. The highest BCUT2D eigenvalue weighted by atomic mass is 32.5. The number of nitrogens with two attached hydrogens (primary N) is 2. The smallest absolute Gasteiger partial charge is 0.395 e. The minimum absolute atomic E-state index is 0.0352. The summed E-state index contributed by atoms with van der Waals surface area (Å²) in [6.45, 7) is -4.10. The summed E-state index contributed by atoms with van der Waals surface area (Å²) in [5, 5.41) is 7.85. The van der Waals surface area contributed by atoms with Gasteiger partial charge in [-0.3, -0.25) is 23.4 Å². The number of thioether (sulfide) groups is 1. The SMILES string of the molecule is C[C@]1(COP(O)(=S)O[C@@H]2[C@@H](F)[C@@H](CO)S[C@H]2n2cnc3c(=O)[nH]c(N)nc32)C[C@@H](OCO[P+](=O)O)[C@H](n2cnc3c(N)ncnc32)O1. The van der Waals surface area contributed by atoms with Crippen LogP contribution in [-0.4, -0.2) is 103 Å². The van der Waals surface area contributed by atoms with E-state index in [1.165, 1.54) is 28.1 Å². The summed E-state index contributed by atoms with van der Waals surface area (Å²) in [6, 6.07) is 0. The van der Waals surface area contributed by atoms with E-state index >= 15 is 4.39 Å². The second-order valence-corrected chi connectivity index (χ2v) is 15.6. The van der Waals surface area contributed by atoms with Crippen molar-refractivity contribution in [2.24, 2.45) is 0 Å². The number of aromatic nitrogens is 8. The molecule has 0 aliphatic carbocycles. The van der Waals surface area contributed by atoms with Crippen molar-refractivity contribution in [3.05, 3.63) is 29.3 Å². The molecule has 2 aliphatic heterocycles. The minimum atomic E-state index is -4.23. The second-order valence-electron chi connectivity index (χ2n) is 10.7. The lowest BCUT2D eigenvalue weighted by Gasteiger charge is -2.29. The van der Waals surface area contributed by atoms with Crippen LogP contribution >= 0.6 is 26.7 Å². The summed E-state index contributed by atoms with van der Waals surface area (Å²) in [7, 11) is -2.94. The number of hydrogen-bond donors (Lipinski definition) is 6. The molecular formula is C22H28FN10O10P2S2+. The number of hydrogen-bond acceptors (Lipinski definition) is 17. The van der Waals surface area contributed by atoms with E-state index in [1.807, 2.05) is 0 Å². The first-order valence-corrected chi connectivity index (χ1v) is 18.3. The van der Waals surface area contributed by atoms with E-state index in [-0.39, 0.29) is 36.0 Å². The standard InChI is InChI=1S/C22H27FN10O10P2S2/c1-22(2-9(39-8-40-44(36)37)19(42-22)32-6-28-12-15(24)26-5-27-16(12)32)4-41-45(38,46)43-14-11(23)10(3-34)47-20(14)33-7-29-13-17(33)30-21(25)31-18(13)35/h5-7,9-11,14,19-20,34H,2-4,8H2,1H3,(H6-,24,25,26,27,30,31,35,36,37,38,46)/p+1/t9-,10-,11+,14-,19-,20-,22-,45?/m1/s1. The number of rotatable bonds is 12. The molecule has 0 bridgehead atoms. The highest BCUT2D eigenvalue weighted by molar-refractivity contribution is 8.07. The Balaban J connectivity index is 1.21. The third kappa shape index (κ3) is 6.89. The zero-order valence-electron chi connectivity index (χ0n) is 24.1. The van der Waals surface area contributed by atoms with Crippen molar-refractivity contribution < 1.29 is 46.9 Å². The van der Waals surface area contributed by atoms with E-state index in [0.29, 0.717) is 11.2 Å². The van der Waals surface area contributed by atoms with Crippen molar-refractivity contribution in [2.75, 3.05) is 31.5 Å². The minimum Gasteiger partial charge on any atom is -0.395 e. The van der Waals surface area contributed by atoms with Crippen molar-refractivity contribution >= 4 is 72.6 Å². The Hall–Kier alpha value is -2.79.